The molecular weight excluding hydrogens is 248 g/mol. The van der Waals surface area contributed by atoms with E-state index >= 15 is 0 Å². The van der Waals surface area contributed by atoms with Crippen molar-refractivity contribution in [3.8, 4) is 0 Å². The summed E-state index contributed by atoms with van der Waals surface area (Å²) in [5.74, 6) is 2.35. The van der Waals surface area contributed by atoms with Crippen LogP contribution in [-0.2, 0) is 7.05 Å². The molecule has 1 aromatic heterocycles. The van der Waals surface area contributed by atoms with E-state index < -0.39 is 0 Å². The van der Waals surface area contributed by atoms with Crippen LogP contribution in [0, 0.1) is 12.8 Å². The predicted molar refractivity (Wildman–Crippen MR) is 72.4 cm³/mol. The Morgan fingerprint density at radius 1 is 1.56 bits per heavy atom. The van der Waals surface area contributed by atoms with Crippen LogP contribution < -0.4 is 5.73 Å². The van der Waals surface area contributed by atoms with Gasteiger partial charge in [-0.15, -0.1) is 10.2 Å². The Hall–Kier alpha value is -0.590. The standard InChI is InChI=1S/C12H22N4OS/c1-9-14-15-11(16(9)2)18-7-5-10-4-3-6-12(10,13)8-17/h10,17H,3-8,13H2,1-2H3. The number of rotatable bonds is 5. The molecule has 5 nitrogen and oxygen atoms in total. The summed E-state index contributed by atoms with van der Waals surface area (Å²) in [6, 6.07) is 0. The molecule has 1 aliphatic carbocycles. The lowest BCUT2D eigenvalue weighted by atomic mass is 9.87. The number of aromatic nitrogens is 3. The minimum atomic E-state index is -0.351. The van der Waals surface area contributed by atoms with Gasteiger partial charge in [-0.3, -0.25) is 0 Å². The van der Waals surface area contributed by atoms with Crippen LogP contribution in [0.25, 0.3) is 0 Å². The molecule has 2 unspecified atom stereocenters. The maximum Gasteiger partial charge on any atom is 0.190 e. The predicted octanol–water partition coefficient (Wildman–Crippen LogP) is 1.10. The Morgan fingerprint density at radius 3 is 2.94 bits per heavy atom. The Morgan fingerprint density at radius 2 is 2.33 bits per heavy atom. The highest BCUT2D eigenvalue weighted by Gasteiger charge is 2.38. The van der Waals surface area contributed by atoms with E-state index in [0.717, 1.165) is 42.4 Å². The fourth-order valence-corrected chi connectivity index (χ4v) is 3.62. The summed E-state index contributed by atoms with van der Waals surface area (Å²) in [5.41, 5.74) is 5.87. The van der Waals surface area contributed by atoms with Gasteiger partial charge in [-0.1, -0.05) is 18.2 Å². The van der Waals surface area contributed by atoms with Gasteiger partial charge in [0.1, 0.15) is 5.82 Å². The van der Waals surface area contributed by atoms with Gasteiger partial charge >= 0.3 is 0 Å². The molecule has 1 aromatic rings. The summed E-state index contributed by atoms with van der Waals surface area (Å²) in [6.45, 7) is 2.05. The molecule has 2 rings (SSSR count). The minimum absolute atomic E-state index is 0.103. The number of hydrogen-bond acceptors (Lipinski definition) is 5. The molecule has 0 amide bonds. The van der Waals surface area contributed by atoms with Crippen LogP contribution in [0.1, 0.15) is 31.5 Å². The molecule has 1 heterocycles. The molecule has 1 saturated carbocycles. The number of nitrogens with zero attached hydrogens (tertiary/aromatic N) is 3. The monoisotopic (exact) mass is 270 g/mol. The number of aliphatic hydroxyl groups is 1. The zero-order valence-corrected chi connectivity index (χ0v) is 11.9. The molecule has 0 radical (unpaired) electrons. The second kappa shape index (κ2) is 5.59. The molecule has 1 fully saturated rings. The Balaban J connectivity index is 1.84. The van der Waals surface area contributed by atoms with Crippen molar-refractivity contribution in [1.82, 2.24) is 14.8 Å². The molecule has 2 atom stereocenters. The van der Waals surface area contributed by atoms with Crippen LogP contribution in [0.3, 0.4) is 0 Å². The van der Waals surface area contributed by atoms with Gasteiger partial charge < -0.3 is 15.4 Å². The third kappa shape index (κ3) is 2.70. The summed E-state index contributed by atoms with van der Waals surface area (Å²) in [4.78, 5) is 0. The van der Waals surface area contributed by atoms with Crippen molar-refractivity contribution in [3.63, 3.8) is 0 Å². The molecule has 3 N–H and O–H groups in total. The van der Waals surface area contributed by atoms with Crippen LogP contribution >= 0.6 is 11.8 Å². The summed E-state index contributed by atoms with van der Waals surface area (Å²) in [7, 11) is 1.98. The second-order valence-electron chi connectivity index (χ2n) is 5.21. The first-order valence-electron chi connectivity index (χ1n) is 6.45. The lowest BCUT2D eigenvalue weighted by molar-refractivity contribution is 0.158. The molecule has 1 aliphatic rings. The van der Waals surface area contributed by atoms with Crippen LogP contribution in [-0.4, -0.2) is 37.8 Å². The SMILES string of the molecule is Cc1nnc(SCCC2CCCC2(N)CO)n1C. The molecule has 6 heteroatoms. The van der Waals surface area contributed by atoms with Crippen molar-refractivity contribution in [2.24, 2.45) is 18.7 Å². The van der Waals surface area contributed by atoms with Crippen LogP contribution in [0.5, 0.6) is 0 Å². The van der Waals surface area contributed by atoms with Gasteiger partial charge in [-0.25, -0.2) is 0 Å². The van der Waals surface area contributed by atoms with E-state index in [1.54, 1.807) is 11.8 Å². The average molecular weight is 270 g/mol. The maximum atomic E-state index is 9.40. The summed E-state index contributed by atoms with van der Waals surface area (Å²) in [6.07, 6.45) is 4.25. The summed E-state index contributed by atoms with van der Waals surface area (Å²) in [5, 5.41) is 18.5. The van der Waals surface area contributed by atoms with Gasteiger partial charge in [-0.05, 0) is 32.1 Å². The van der Waals surface area contributed by atoms with Crippen LogP contribution in [0.4, 0.5) is 0 Å². The van der Waals surface area contributed by atoms with Gasteiger partial charge in [0.2, 0.25) is 0 Å². The third-order valence-corrected chi connectivity index (χ3v) is 5.11. The van der Waals surface area contributed by atoms with Crippen molar-refractivity contribution in [1.29, 1.82) is 0 Å². The van der Waals surface area contributed by atoms with Gasteiger partial charge in [0.05, 0.1) is 6.61 Å². The van der Waals surface area contributed by atoms with Crippen molar-refractivity contribution >= 4 is 11.8 Å². The Labute approximate surface area is 112 Å². The van der Waals surface area contributed by atoms with E-state index in [4.69, 9.17) is 5.73 Å². The molecule has 0 bridgehead atoms. The van der Waals surface area contributed by atoms with Crippen LogP contribution in [0.2, 0.25) is 0 Å². The van der Waals surface area contributed by atoms with E-state index in [1.165, 1.54) is 0 Å². The van der Waals surface area contributed by atoms with Crippen molar-refractivity contribution < 1.29 is 5.11 Å². The highest BCUT2D eigenvalue weighted by atomic mass is 32.2. The van der Waals surface area contributed by atoms with Gasteiger partial charge in [0.15, 0.2) is 5.16 Å². The quantitative estimate of drug-likeness (QED) is 0.783. The molecule has 0 aromatic carbocycles. The zero-order chi connectivity index (χ0) is 13.2. The smallest absolute Gasteiger partial charge is 0.190 e. The Kier molecular flexibility index (Phi) is 4.29. The molecule has 0 aliphatic heterocycles. The van der Waals surface area contributed by atoms with Gasteiger partial charge in [0, 0.05) is 18.3 Å². The largest absolute Gasteiger partial charge is 0.394 e. The molecule has 18 heavy (non-hydrogen) atoms. The number of nitrogens with two attached hydrogens (primary N) is 1. The zero-order valence-electron chi connectivity index (χ0n) is 11.1. The van der Waals surface area contributed by atoms with E-state index in [2.05, 4.69) is 10.2 Å². The van der Waals surface area contributed by atoms with E-state index in [0.29, 0.717) is 5.92 Å². The Bertz CT molecular complexity index is 409. The van der Waals surface area contributed by atoms with E-state index in [-0.39, 0.29) is 12.1 Å². The van der Waals surface area contributed by atoms with Crippen molar-refractivity contribution in [3.05, 3.63) is 5.82 Å². The first-order valence-corrected chi connectivity index (χ1v) is 7.44. The maximum absolute atomic E-state index is 9.40. The molecule has 102 valence electrons. The van der Waals surface area contributed by atoms with Crippen LogP contribution in [0.15, 0.2) is 5.16 Å². The van der Waals surface area contributed by atoms with Crippen molar-refractivity contribution in [2.45, 2.75) is 43.3 Å². The highest BCUT2D eigenvalue weighted by Crippen LogP contribution is 2.36. The van der Waals surface area contributed by atoms with E-state index in [9.17, 15) is 5.11 Å². The number of aryl methyl sites for hydroxylation is 1. The van der Waals surface area contributed by atoms with E-state index in [1.807, 2.05) is 18.5 Å². The summed E-state index contributed by atoms with van der Waals surface area (Å²) >= 11 is 1.72. The molecule has 0 saturated heterocycles. The van der Waals surface area contributed by atoms with Gasteiger partial charge in [0.25, 0.3) is 0 Å². The fraction of sp³-hybridized carbons (Fsp3) is 0.833. The van der Waals surface area contributed by atoms with Crippen molar-refractivity contribution in [2.75, 3.05) is 12.4 Å². The number of thioether (sulfide) groups is 1. The first-order chi connectivity index (χ1) is 8.57. The first kappa shape index (κ1) is 13.8. The normalized spacial score (nSPS) is 27.9. The topological polar surface area (TPSA) is 77.0 Å². The second-order valence-corrected chi connectivity index (χ2v) is 6.27. The number of aliphatic hydroxyl groups excluding tert-OH is 1. The number of hydrogen-bond donors (Lipinski definition) is 2. The highest BCUT2D eigenvalue weighted by molar-refractivity contribution is 7.99. The lowest BCUT2D eigenvalue weighted by Gasteiger charge is -2.29. The fourth-order valence-electron chi connectivity index (χ4n) is 2.61. The average Bonchev–Trinajstić information content (AvgIpc) is 2.88. The molecular formula is C12H22N4OS. The lowest BCUT2D eigenvalue weighted by Crippen LogP contribution is -2.47. The van der Waals surface area contributed by atoms with Gasteiger partial charge in [-0.2, -0.15) is 0 Å². The third-order valence-electron chi connectivity index (χ3n) is 4.05. The summed E-state index contributed by atoms with van der Waals surface area (Å²) < 4.78 is 2.00. The molecule has 0 spiro atoms. The minimum Gasteiger partial charge on any atom is -0.394 e.